The fraction of sp³-hybridized carbons (Fsp3) is 0.556. The summed E-state index contributed by atoms with van der Waals surface area (Å²) in [6.45, 7) is 19.1. The molecule has 0 saturated heterocycles. The van der Waals surface area contributed by atoms with Gasteiger partial charge in [-0.25, -0.2) is 0 Å². The fourth-order valence-corrected chi connectivity index (χ4v) is 2.85. The van der Waals surface area contributed by atoms with Gasteiger partial charge in [0.2, 0.25) is 0 Å². The number of rotatable bonds is 12. The first-order valence-electron chi connectivity index (χ1n) is 11.9. The predicted molar refractivity (Wildman–Crippen MR) is 138 cm³/mol. The van der Waals surface area contributed by atoms with Crippen molar-refractivity contribution in [1.82, 2.24) is 10.2 Å². The van der Waals surface area contributed by atoms with E-state index in [9.17, 15) is 5.11 Å². The number of nitrogens with one attached hydrogen (secondary N) is 1. The van der Waals surface area contributed by atoms with Crippen LogP contribution in [0.5, 0.6) is 0 Å². The monoisotopic (exact) mass is 432 g/mol. The van der Waals surface area contributed by atoms with E-state index in [1.165, 1.54) is 5.57 Å². The summed E-state index contributed by atoms with van der Waals surface area (Å²) in [6.07, 6.45) is 19.5. The molecule has 1 aliphatic rings. The zero-order valence-electron chi connectivity index (χ0n) is 21.3. The van der Waals surface area contributed by atoms with Crippen molar-refractivity contribution in [3.05, 3.63) is 71.8 Å². The Balaban J connectivity index is 0. The van der Waals surface area contributed by atoms with Gasteiger partial charge in [0.25, 0.3) is 0 Å². The van der Waals surface area contributed by atoms with E-state index in [0.29, 0.717) is 5.76 Å². The highest BCUT2D eigenvalue weighted by Gasteiger charge is 2.10. The van der Waals surface area contributed by atoms with E-state index < -0.39 is 0 Å². The molecule has 1 atom stereocenters. The third-order valence-corrected chi connectivity index (χ3v) is 4.36. The molecule has 1 unspecified atom stereocenters. The quantitative estimate of drug-likeness (QED) is 0.270. The lowest BCUT2D eigenvalue weighted by Crippen LogP contribution is -2.33. The SMILES string of the molecule is CC.CC.C\C=C/C(/C=C/CN(CC)CCNCC1C=CC=C(OC)C(O)=C1)=C\CC. The van der Waals surface area contributed by atoms with Gasteiger partial charge in [-0.05, 0) is 37.6 Å². The van der Waals surface area contributed by atoms with Crippen molar-refractivity contribution in [3.63, 3.8) is 0 Å². The number of hydrogen-bond donors (Lipinski definition) is 2. The molecule has 0 fully saturated rings. The van der Waals surface area contributed by atoms with Gasteiger partial charge in [-0.3, -0.25) is 4.90 Å². The molecular formula is C27H48N2O2. The molecule has 0 aromatic carbocycles. The highest BCUT2D eigenvalue weighted by Crippen LogP contribution is 2.15. The van der Waals surface area contributed by atoms with Crippen molar-refractivity contribution >= 4 is 0 Å². The summed E-state index contributed by atoms with van der Waals surface area (Å²) >= 11 is 0. The first kappa shape index (κ1) is 31.1. The molecule has 31 heavy (non-hydrogen) atoms. The first-order chi connectivity index (χ1) is 15.1. The number of hydrogen-bond acceptors (Lipinski definition) is 4. The molecule has 0 saturated carbocycles. The topological polar surface area (TPSA) is 44.7 Å². The Labute approximate surface area is 192 Å². The second kappa shape index (κ2) is 22.6. The van der Waals surface area contributed by atoms with E-state index in [1.54, 1.807) is 13.2 Å². The Hall–Kier alpha value is -2.04. The molecule has 178 valence electrons. The average Bonchev–Trinajstić information content (AvgIpc) is 2.98. The minimum Gasteiger partial charge on any atom is -0.504 e. The van der Waals surface area contributed by atoms with Crippen LogP contribution >= 0.6 is 0 Å². The van der Waals surface area contributed by atoms with Gasteiger partial charge < -0.3 is 15.2 Å². The maximum Gasteiger partial charge on any atom is 0.160 e. The maximum atomic E-state index is 10.00. The Kier molecular flexibility index (Phi) is 22.7. The summed E-state index contributed by atoms with van der Waals surface area (Å²) in [5.74, 6) is 0.866. The Morgan fingerprint density at radius 2 is 1.90 bits per heavy atom. The molecule has 0 aromatic rings. The molecule has 0 radical (unpaired) electrons. The molecule has 0 spiro atoms. The van der Waals surface area contributed by atoms with Crippen LogP contribution in [0.15, 0.2) is 71.8 Å². The molecule has 1 rings (SSSR count). The van der Waals surface area contributed by atoms with Crippen molar-refractivity contribution in [3.8, 4) is 0 Å². The van der Waals surface area contributed by atoms with Gasteiger partial charge >= 0.3 is 0 Å². The van der Waals surface area contributed by atoms with Crippen molar-refractivity contribution in [2.75, 3.05) is 39.8 Å². The summed E-state index contributed by atoms with van der Waals surface area (Å²) in [7, 11) is 1.57. The van der Waals surface area contributed by atoms with Gasteiger partial charge in [0.1, 0.15) is 0 Å². The van der Waals surface area contributed by atoms with Crippen molar-refractivity contribution < 1.29 is 9.84 Å². The van der Waals surface area contributed by atoms with Crippen LogP contribution in [0.2, 0.25) is 0 Å². The van der Waals surface area contributed by atoms with Gasteiger partial charge in [0, 0.05) is 32.1 Å². The number of aliphatic hydroxyl groups is 1. The predicted octanol–water partition coefficient (Wildman–Crippen LogP) is 6.58. The van der Waals surface area contributed by atoms with E-state index in [0.717, 1.165) is 39.1 Å². The van der Waals surface area contributed by atoms with Crippen LogP contribution < -0.4 is 5.32 Å². The normalized spacial score (nSPS) is 16.3. The second-order valence-electron chi connectivity index (χ2n) is 6.45. The molecular weight excluding hydrogens is 384 g/mol. The van der Waals surface area contributed by atoms with Crippen LogP contribution in [0, 0.1) is 5.92 Å². The van der Waals surface area contributed by atoms with Crippen LogP contribution in [-0.2, 0) is 4.74 Å². The Morgan fingerprint density at radius 1 is 1.19 bits per heavy atom. The number of methoxy groups -OCH3 is 1. The van der Waals surface area contributed by atoms with E-state index in [2.05, 4.69) is 60.5 Å². The Bertz CT molecular complexity index is 598. The smallest absolute Gasteiger partial charge is 0.160 e. The fourth-order valence-electron chi connectivity index (χ4n) is 2.85. The minimum absolute atomic E-state index is 0.159. The molecule has 2 N–H and O–H groups in total. The van der Waals surface area contributed by atoms with Gasteiger partial charge in [0.15, 0.2) is 11.5 Å². The lowest BCUT2D eigenvalue weighted by Gasteiger charge is -2.19. The standard InChI is InChI=1S/C23H36N2O2.2C2H6/c1-5-10-20(11-6-2)13-9-16-25(7-3)17-15-24-19-21-12-8-14-23(27-4)22(26)18-21;2*1-2/h5,8-14,18,21,24,26H,6-7,15-17,19H2,1-4H3;2*1-2H3/b10-5-,13-9+,20-11+;;. The highest BCUT2D eigenvalue weighted by molar-refractivity contribution is 5.30. The van der Waals surface area contributed by atoms with E-state index in [1.807, 2.05) is 46.8 Å². The molecule has 0 amide bonds. The van der Waals surface area contributed by atoms with E-state index >= 15 is 0 Å². The molecule has 1 aliphatic carbocycles. The van der Waals surface area contributed by atoms with Gasteiger partial charge in [-0.1, -0.05) is 84.1 Å². The molecule has 0 aliphatic heterocycles. The van der Waals surface area contributed by atoms with Gasteiger partial charge in [-0.2, -0.15) is 0 Å². The Morgan fingerprint density at radius 3 is 2.48 bits per heavy atom. The highest BCUT2D eigenvalue weighted by atomic mass is 16.5. The average molecular weight is 433 g/mol. The van der Waals surface area contributed by atoms with E-state index in [4.69, 9.17) is 4.74 Å². The van der Waals surface area contributed by atoms with Crippen LogP contribution in [0.1, 0.15) is 54.9 Å². The number of aliphatic hydroxyl groups excluding tert-OH is 1. The van der Waals surface area contributed by atoms with Crippen molar-refractivity contribution in [2.24, 2.45) is 5.92 Å². The number of ether oxygens (including phenoxy) is 1. The lowest BCUT2D eigenvalue weighted by atomic mass is 10.1. The molecule has 0 heterocycles. The maximum absolute atomic E-state index is 10.00. The summed E-state index contributed by atoms with van der Waals surface area (Å²) in [5, 5.41) is 13.5. The van der Waals surface area contributed by atoms with Crippen molar-refractivity contribution in [1.29, 1.82) is 0 Å². The number of allylic oxidation sites excluding steroid dienone is 7. The first-order valence-corrected chi connectivity index (χ1v) is 11.9. The molecule has 0 bridgehead atoms. The third kappa shape index (κ3) is 15.4. The summed E-state index contributed by atoms with van der Waals surface area (Å²) < 4.78 is 5.14. The molecule has 4 nitrogen and oxygen atoms in total. The third-order valence-electron chi connectivity index (χ3n) is 4.36. The minimum atomic E-state index is 0.159. The summed E-state index contributed by atoms with van der Waals surface area (Å²) in [6, 6.07) is 0. The van der Waals surface area contributed by atoms with Crippen LogP contribution in [0.4, 0.5) is 0 Å². The molecule has 0 aromatic heterocycles. The largest absolute Gasteiger partial charge is 0.504 e. The lowest BCUT2D eigenvalue weighted by molar-refractivity contribution is 0.255. The zero-order valence-corrected chi connectivity index (χ0v) is 21.3. The summed E-state index contributed by atoms with van der Waals surface area (Å²) in [5.41, 5.74) is 1.27. The van der Waals surface area contributed by atoms with Crippen LogP contribution in [-0.4, -0.2) is 49.8 Å². The van der Waals surface area contributed by atoms with Crippen molar-refractivity contribution in [2.45, 2.75) is 54.9 Å². The van der Waals surface area contributed by atoms with Crippen LogP contribution in [0.25, 0.3) is 0 Å². The van der Waals surface area contributed by atoms with Gasteiger partial charge in [0.05, 0.1) is 7.11 Å². The van der Waals surface area contributed by atoms with Gasteiger partial charge in [-0.15, -0.1) is 0 Å². The summed E-state index contributed by atoms with van der Waals surface area (Å²) in [4.78, 5) is 2.41. The zero-order chi connectivity index (χ0) is 23.9. The molecule has 4 heteroatoms. The second-order valence-corrected chi connectivity index (χ2v) is 6.45. The van der Waals surface area contributed by atoms with E-state index in [-0.39, 0.29) is 11.7 Å². The number of nitrogens with zero attached hydrogens (tertiary/aromatic N) is 1. The van der Waals surface area contributed by atoms with Crippen LogP contribution in [0.3, 0.4) is 0 Å². The number of likely N-dealkylation sites (N-methyl/N-ethyl adjacent to an activating group) is 1.